The summed E-state index contributed by atoms with van der Waals surface area (Å²) in [6.07, 6.45) is 0.795. The van der Waals surface area contributed by atoms with E-state index in [1.807, 2.05) is 11.8 Å². The summed E-state index contributed by atoms with van der Waals surface area (Å²) in [5, 5.41) is 13.1. The van der Waals surface area contributed by atoms with Crippen molar-refractivity contribution in [2.75, 3.05) is 62.7 Å². The lowest BCUT2D eigenvalue weighted by Gasteiger charge is -2.32. The number of pyridine rings is 1. The average molecular weight is 492 g/mol. The first kappa shape index (κ1) is 24.6. The third kappa shape index (κ3) is 6.35. The van der Waals surface area contributed by atoms with Gasteiger partial charge in [0.2, 0.25) is 17.8 Å². The minimum absolute atomic E-state index is 0.0285. The van der Waals surface area contributed by atoms with Gasteiger partial charge in [0, 0.05) is 45.1 Å². The first-order chi connectivity index (χ1) is 16.9. The van der Waals surface area contributed by atoms with Crippen molar-refractivity contribution in [2.24, 2.45) is 0 Å². The first-order valence-electron chi connectivity index (χ1n) is 10.9. The van der Waals surface area contributed by atoms with E-state index in [1.54, 1.807) is 13.2 Å². The molecule has 0 amide bonds. The van der Waals surface area contributed by atoms with Crippen LogP contribution in [0.1, 0.15) is 17.4 Å². The van der Waals surface area contributed by atoms with Crippen molar-refractivity contribution < 1.29 is 23.0 Å². The fourth-order valence-electron chi connectivity index (χ4n) is 3.60. The van der Waals surface area contributed by atoms with Gasteiger partial charge in [-0.3, -0.25) is 10.1 Å². The lowest BCUT2D eigenvalue weighted by Crippen LogP contribution is -2.45. The summed E-state index contributed by atoms with van der Waals surface area (Å²) >= 11 is 0. The van der Waals surface area contributed by atoms with Gasteiger partial charge in [0.1, 0.15) is 17.3 Å². The van der Waals surface area contributed by atoms with Gasteiger partial charge >= 0.3 is 0 Å². The molecule has 1 saturated heterocycles. The number of morpholine rings is 1. The van der Waals surface area contributed by atoms with Gasteiger partial charge in [-0.1, -0.05) is 0 Å². The molecule has 3 aromatic rings. The topological polar surface area (TPSA) is 135 Å². The highest BCUT2D eigenvalue weighted by molar-refractivity contribution is 5.53. The summed E-state index contributed by atoms with van der Waals surface area (Å²) < 4.78 is 44.0. The zero-order chi connectivity index (χ0) is 24.8. The van der Waals surface area contributed by atoms with Crippen molar-refractivity contribution in [3.8, 4) is 0 Å². The molecule has 0 saturated carbocycles. The number of nitrogens with zero attached hydrogens (tertiary/aromatic N) is 6. The van der Waals surface area contributed by atoms with Gasteiger partial charge in [-0.15, -0.1) is 0 Å². The van der Waals surface area contributed by atoms with Gasteiger partial charge in [0.15, 0.2) is 5.82 Å². The Kier molecular flexibility index (Phi) is 7.94. The molecule has 0 bridgehead atoms. The second-order valence-corrected chi connectivity index (χ2v) is 7.91. The van der Waals surface area contributed by atoms with E-state index in [-0.39, 0.29) is 30.3 Å². The summed E-state index contributed by atoms with van der Waals surface area (Å²) in [4.78, 5) is 19.3. The van der Waals surface area contributed by atoms with E-state index in [0.717, 1.165) is 18.0 Å². The number of H-pyrrole nitrogens is 1. The maximum absolute atomic E-state index is 14.5. The Morgan fingerprint density at radius 3 is 2.74 bits per heavy atom. The zero-order valence-corrected chi connectivity index (χ0v) is 19.6. The second kappa shape index (κ2) is 11.3. The maximum atomic E-state index is 14.5. The van der Waals surface area contributed by atoms with E-state index in [9.17, 15) is 8.78 Å². The number of nitrogens with one attached hydrogen (secondary N) is 3. The number of anilines is 4. The van der Waals surface area contributed by atoms with E-state index in [2.05, 4.69) is 40.8 Å². The number of hydrogen-bond acceptors (Lipinski definition) is 11. The summed E-state index contributed by atoms with van der Waals surface area (Å²) in [5.41, 5.74) is 0.827. The molecule has 188 valence electrons. The summed E-state index contributed by atoms with van der Waals surface area (Å²) in [6.45, 7) is 3.86. The standard InChI is InChI=1S/C21H27F2N9O3/c1-12-6-17(31-30-12)26-20-27-19(25-16(11-34-3)18-15(23)7-13(22)8-24-18)28-21(29-20)32-4-5-35-14(9-32)10-33-2/h6-8,14,16H,4-5,9-11H2,1-3H3,(H3,25,26,27,28,29,30,31)/t14?,16-/m0/s1. The number of hydrogen-bond donors (Lipinski definition) is 3. The number of rotatable bonds is 10. The Morgan fingerprint density at radius 1 is 1.20 bits per heavy atom. The molecule has 1 aliphatic rings. The van der Waals surface area contributed by atoms with E-state index in [4.69, 9.17) is 14.2 Å². The smallest absolute Gasteiger partial charge is 0.235 e. The third-order valence-electron chi connectivity index (χ3n) is 5.15. The molecule has 14 heteroatoms. The van der Waals surface area contributed by atoms with E-state index in [1.165, 1.54) is 7.11 Å². The van der Waals surface area contributed by atoms with Crippen LogP contribution in [0, 0.1) is 18.6 Å². The Balaban J connectivity index is 1.65. The van der Waals surface area contributed by atoms with Crippen LogP contribution in [0.3, 0.4) is 0 Å². The minimum atomic E-state index is -0.810. The fourth-order valence-corrected chi connectivity index (χ4v) is 3.60. The van der Waals surface area contributed by atoms with Gasteiger partial charge < -0.3 is 29.7 Å². The van der Waals surface area contributed by atoms with Crippen LogP contribution in [0.25, 0.3) is 0 Å². The maximum Gasteiger partial charge on any atom is 0.235 e. The highest BCUT2D eigenvalue weighted by Gasteiger charge is 2.25. The SMILES string of the molecule is COCC1CN(c2nc(Nc3cc(C)[nH]n3)nc(N[C@@H](COC)c3ncc(F)cc3F)n2)CCO1. The van der Waals surface area contributed by atoms with E-state index < -0.39 is 17.7 Å². The average Bonchev–Trinajstić information content (AvgIpc) is 3.23. The van der Waals surface area contributed by atoms with Gasteiger partial charge in [-0.2, -0.15) is 20.1 Å². The molecule has 4 heterocycles. The predicted molar refractivity (Wildman–Crippen MR) is 123 cm³/mol. The predicted octanol–water partition coefficient (Wildman–Crippen LogP) is 1.97. The number of methoxy groups -OCH3 is 2. The quantitative estimate of drug-likeness (QED) is 0.384. The molecule has 0 aliphatic carbocycles. The Hall–Kier alpha value is -3.49. The number of aromatic amines is 1. The summed E-state index contributed by atoms with van der Waals surface area (Å²) in [5.74, 6) is -0.317. The fraction of sp³-hybridized carbons (Fsp3) is 0.476. The number of aryl methyl sites for hydroxylation is 1. The molecule has 4 rings (SSSR count). The van der Waals surface area contributed by atoms with Crippen molar-refractivity contribution in [1.82, 2.24) is 30.1 Å². The molecule has 2 atom stereocenters. The van der Waals surface area contributed by atoms with Crippen LogP contribution in [0.4, 0.5) is 32.4 Å². The lowest BCUT2D eigenvalue weighted by atomic mass is 10.2. The molecular weight excluding hydrogens is 464 g/mol. The largest absolute Gasteiger partial charge is 0.382 e. The van der Waals surface area contributed by atoms with Crippen LogP contribution in [-0.4, -0.2) is 83.4 Å². The van der Waals surface area contributed by atoms with Crippen LogP contribution in [0.5, 0.6) is 0 Å². The summed E-state index contributed by atoms with van der Waals surface area (Å²) in [6, 6.07) is 1.77. The molecule has 3 aromatic heterocycles. The van der Waals surface area contributed by atoms with Gasteiger partial charge in [0.25, 0.3) is 0 Å². The van der Waals surface area contributed by atoms with Crippen LogP contribution in [-0.2, 0) is 14.2 Å². The monoisotopic (exact) mass is 491 g/mol. The highest BCUT2D eigenvalue weighted by Crippen LogP contribution is 2.23. The van der Waals surface area contributed by atoms with Crippen LogP contribution >= 0.6 is 0 Å². The Bertz CT molecular complexity index is 1130. The zero-order valence-electron chi connectivity index (χ0n) is 19.6. The molecule has 0 aromatic carbocycles. The van der Waals surface area contributed by atoms with Crippen LogP contribution in [0.2, 0.25) is 0 Å². The van der Waals surface area contributed by atoms with Crippen molar-refractivity contribution in [1.29, 1.82) is 0 Å². The van der Waals surface area contributed by atoms with Crippen LogP contribution in [0.15, 0.2) is 18.3 Å². The Labute approximate surface area is 200 Å². The molecule has 1 unspecified atom stereocenters. The Morgan fingerprint density at radius 2 is 2.03 bits per heavy atom. The van der Waals surface area contributed by atoms with Crippen LogP contribution < -0.4 is 15.5 Å². The number of ether oxygens (including phenoxy) is 3. The molecule has 0 radical (unpaired) electrons. The molecule has 12 nitrogen and oxygen atoms in total. The second-order valence-electron chi connectivity index (χ2n) is 7.91. The molecule has 3 N–H and O–H groups in total. The van der Waals surface area contributed by atoms with Crippen molar-refractivity contribution in [3.05, 3.63) is 41.4 Å². The van der Waals surface area contributed by atoms with Crippen molar-refractivity contribution in [2.45, 2.75) is 19.1 Å². The third-order valence-corrected chi connectivity index (χ3v) is 5.15. The van der Waals surface area contributed by atoms with Crippen molar-refractivity contribution in [3.63, 3.8) is 0 Å². The number of aromatic nitrogens is 6. The minimum Gasteiger partial charge on any atom is -0.382 e. The highest BCUT2D eigenvalue weighted by atomic mass is 19.1. The molecular formula is C21H27F2N9O3. The van der Waals surface area contributed by atoms with E-state index >= 15 is 0 Å². The molecule has 0 spiro atoms. The number of halogens is 2. The molecule has 1 aliphatic heterocycles. The first-order valence-corrected chi connectivity index (χ1v) is 10.9. The van der Waals surface area contributed by atoms with Gasteiger partial charge in [0.05, 0.1) is 38.2 Å². The van der Waals surface area contributed by atoms with Gasteiger partial charge in [-0.25, -0.2) is 8.78 Å². The van der Waals surface area contributed by atoms with E-state index in [0.29, 0.717) is 38.1 Å². The molecule has 35 heavy (non-hydrogen) atoms. The van der Waals surface area contributed by atoms with Gasteiger partial charge in [-0.05, 0) is 6.92 Å². The normalized spacial score (nSPS) is 16.8. The molecule has 1 fully saturated rings. The summed E-state index contributed by atoms with van der Waals surface area (Å²) in [7, 11) is 3.07. The lowest BCUT2D eigenvalue weighted by molar-refractivity contribution is -0.0104. The van der Waals surface area contributed by atoms with Crippen molar-refractivity contribution >= 4 is 23.7 Å².